The van der Waals surface area contributed by atoms with Gasteiger partial charge in [-0.25, -0.2) is 4.98 Å². The second kappa shape index (κ2) is 8.22. The van der Waals surface area contributed by atoms with E-state index in [1.54, 1.807) is 0 Å². The molecule has 4 atom stereocenters. The number of carbonyl (C=O) groups excluding carboxylic acids is 1. The fraction of sp³-hybridized carbons (Fsp3) is 0.615. The van der Waals surface area contributed by atoms with Crippen molar-refractivity contribution >= 4 is 28.2 Å². The van der Waals surface area contributed by atoms with Gasteiger partial charge in [-0.2, -0.15) is 0 Å². The predicted molar refractivity (Wildman–Crippen MR) is 129 cm³/mol. The number of carbonyl (C=O) groups is 1. The van der Waals surface area contributed by atoms with E-state index in [4.69, 9.17) is 9.47 Å². The van der Waals surface area contributed by atoms with Crippen molar-refractivity contribution in [3.63, 3.8) is 0 Å². The average Bonchev–Trinajstić information content (AvgIpc) is 3.40. The summed E-state index contributed by atoms with van der Waals surface area (Å²) in [5.41, 5.74) is 2.74. The van der Waals surface area contributed by atoms with Crippen LogP contribution in [0.3, 0.4) is 0 Å². The minimum atomic E-state index is 0.0852. The monoisotopic (exact) mass is 450 g/mol. The molecule has 1 aliphatic carbocycles. The SMILES string of the molecule is Cc1cc2cnc(NC(=O)C3C4CCOCC43)cc2cc1N1CCN([C@]2(C)CCOC2)CC1. The quantitative estimate of drug-likeness (QED) is 0.772. The van der Waals surface area contributed by atoms with Gasteiger partial charge in [0.05, 0.1) is 13.2 Å². The summed E-state index contributed by atoms with van der Waals surface area (Å²) in [5, 5.41) is 5.30. The minimum absolute atomic E-state index is 0.0852. The molecule has 1 N–H and O–H groups in total. The van der Waals surface area contributed by atoms with Crippen molar-refractivity contribution in [3.05, 3.63) is 30.0 Å². The highest BCUT2D eigenvalue weighted by Gasteiger charge is 2.55. The first-order chi connectivity index (χ1) is 16.0. The highest BCUT2D eigenvalue weighted by Crippen LogP contribution is 2.51. The summed E-state index contributed by atoms with van der Waals surface area (Å²) in [4.78, 5) is 22.4. The highest BCUT2D eigenvalue weighted by atomic mass is 16.5. The van der Waals surface area contributed by atoms with Gasteiger partial charge in [-0.15, -0.1) is 0 Å². The fourth-order valence-corrected chi connectivity index (χ4v) is 6.20. The van der Waals surface area contributed by atoms with Crippen LogP contribution in [-0.4, -0.2) is 73.9 Å². The zero-order valence-electron chi connectivity index (χ0n) is 19.7. The summed E-state index contributed by atoms with van der Waals surface area (Å²) in [6, 6.07) is 6.50. The Kier molecular flexibility index (Phi) is 5.31. The van der Waals surface area contributed by atoms with E-state index in [9.17, 15) is 4.79 Å². The van der Waals surface area contributed by atoms with Crippen LogP contribution in [0, 0.1) is 24.7 Å². The lowest BCUT2D eigenvalue weighted by atomic mass is 9.97. The molecule has 3 unspecified atom stereocenters. The van der Waals surface area contributed by atoms with Crippen LogP contribution in [0.5, 0.6) is 0 Å². The maximum Gasteiger partial charge on any atom is 0.229 e. The number of anilines is 2. The maximum atomic E-state index is 12.8. The molecule has 2 aromatic rings. The molecule has 3 saturated heterocycles. The number of hydrogen-bond donors (Lipinski definition) is 1. The van der Waals surface area contributed by atoms with Gasteiger partial charge in [-0.3, -0.25) is 9.69 Å². The summed E-state index contributed by atoms with van der Waals surface area (Å²) in [6.07, 6.45) is 4.00. The van der Waals surface area contributed by atoms with Gasteiger partial charge in [0, 0.05) is 68.1 Å². The van der Waals surface area contributed by atoms with E-state index >= 15 is 0 Å². The van der Waals surface area contributed by atoms with Crippen LogP contribution >= 0.6 is 0 Å². The van der Waals surface area contributed by atoms with Crippen LogP contribution in [0.25, 0.3) is 10.8 Å². The molecule has 0 radical (unpaired) electrons. The number of rotatable bonds is 4. The molecular weight excluding hydrogens is 416 g/mol. The van der Waals surface area contributed by atoms with E-state index in [2.05, 4.69) is 46.1 Å². The van der Waals surface area contributed by atoms with Gasteiger partial charge in [0.25, 0.3) is 0 Å². The average molecular weight is 451 g/mol. The molecule has 4 aliphatic rings. The molecular formula is C26H34N4O3. The van der Waals surface area contributed by atoms with Crippen LogP contribution in [0.2, 0.25) is 0 Å². The topological polar surface area (TPSA) is 66.9 Å². The molecule has 7 heteroatoms. The summed E-state index contributed by atoms with van der Waals surface area (Å²) in [7, 11) is 0. The zero-order chi connectivity index (χ0) is 22.6. The second-order valence-electron chi connectivity index (χ2n) is 10.5. The number of nitrogens with one attached hydrogen (secondary N) is 1. The normalized spacial score (nSPS) is 32.1. The van der Waals surface area contributed by atoms with Gasteiger partial charge in [0.15, 0.2) is 0 Å². The molecule has 7 nitrogen and oxygen atoms in total. The molecule has 4 fully saturated rings. The van der Waals surface area contributed by atoms with Crippen LogP contribution < -0.4 is 10.2 Å². The molecule has 0 spiro atoms. The Hall–Kier alpha value is -2.22. The number of benzene rings is 1. The van der Waals surface area contributed by atoms with E-state index in [0.717, 1.165) is 76.2 Å². The van der Waals surface area contributed by atoms with Crippen molar-refractivity contribution in [1.82, 2.24) is 9.88 Å². The fourth-order valence-electron chi connectivity index (χ4n) is 6.20. The third kappa shape index (κ3) is 3.90. The first-order valence-corrected chi connectivity index (χ1v) is 12.4. The Morgan fingerprint density at radius 1 is 1.09 bits per heavy atom. The third-order valence-corrected chi connectivity index (χ3v) is 8.41. The largest absolute Gasteiger partial charge is 0.381 e. The Balaban J connectivity index is 1.17. The molecule has 1 amide bonds. The zero-order valence-corrected chi connectivity index (χ0v) is 19.7. The summed E-state index contributed by atoms with van der Waals surface area (Å²) in [5.74, 6) is 1.71. The lowest BCUT2D eigenvalue weighted by Gasteiger charge is -2.44. The number of piperazine rings is 1. The Morgan fingerprint density at radius 2 is 1.94 bits per heavy atom. The summed E-state index contributed by atoms with van der Waals surface area (Å²) >= 11 is 0. The maximum absolute atomic E-state index is 12.8. The lowest BCUT2D eigenvalue weighted by Crippen LogP contribution is -2.56. The highest BCUT2D eigenvalue weighted by molar-refractivity contribution is 5.96. The minimum Gasteiger partial charge on any atom is -0.381 e. The second-order valence-corrected chi connectivity index (χ2v) is 10.5. The molecule has 1 aromatic carbocycles. The van der Waals surface area contributed by atoms with Crippen molar-refractivity contribution in [2.75, 3.05) is 62.8 Å². The van der Waals surface area contributed by atoms with Crippen molar-refractivity contribution in [2.45, 2.75) is 32.2 Å². The van der Waals surface area contributed by atoms with Gasteiger partial charge in [0.2, 0.25) is 5.91 Å². The van der Waals surface area contributed by atoms with Crippen molar-refractivity contribution < 1.29 is 14.3 Å². The lowest BCUT2D eigenvalue weighted by molar-refractivity contribution is -0.117. The molecule has 33 heavy (non-hydrogen) atoms. The van der Waals surface area contributed by atoms with E-state index in [-0.39, 0.29) is 17.4 Å². The van der Waals surface area contributed by atoms with E-state index in [1.165, 1.54) is 11.3 Å². The van der Waals surface area contributed by atoms with Gasteiger partial charge < -0.3 is 19.7 Å². The van der Waals surface area contributed by atoms with Gasteiger partial charge in [-0.05, 0) is 67.7 Å². The number of ether oxygens (including phenoxy) is 2. The molecule has 1 saturated carbocycles. The van der Waals surface area contributed by atoms with Crippen molar-refractivity contribution in [3.8, 4) is 0 Å². The summed E-state index contributed by atoms with van der Waals surface area (Å²) < 4.78 is 11.2. The predicted octanol–water partition coefficient (Wildman–Crippen LogP) is 3.07. The Labute approximate surface area is 195 Å². The Bertz CT molecular complexity index is 1050. The summed E-state index contributed by atoms with van der Waals surface area (Å²) in [6.45, 7) is 11.9. The van der Waals surface area contributed by atoms with E-state index in [0.29, 0.717) is 17.7 Å². The van der Waals surface area contributed by atoms with Crippen LogP contribution in [0.15, 0.2) is 24.4 Å². The number of amides is 1. The van der Waals surface area contributed by atoms with Crippen LogP contribution in [-0.2, 0) is 14.3 Å². The third-order valence-electron chi connectivity index (χ3n) is 8.41. The van der Waals surface area contributed by atoms with Gasteiger partial charge in [0.1, 0.15) is 5.82 Å². The van der Waals surface area contributed by atoms with Gasteiger partial charge >= 0.3 is 0 Å². The van der Waals surface area contributed by atoms with Gasteiger partial charge in [-0.1, -0.05) is 0 Å². The van der Waals surface area contributed by atoms with E-state index < -0.39 is 0 Å². The van der Waals surface area contributed by atoms with Crippen molar-refractivity contribution in [1.29, 1.82) is 0 Å². The number of pyridine rings is 1. The first-order valence-electron chi connectivity index (χ1n) is 12.4. The van der Waals surface area contributed by atoms with Crippen LogP contribution in [0.1, 0.15) is 25.3 Å². The van der Waals surface area contributed by atoms with E-state index in [1.807, 2.05) is 12.3 Å². The van der Waals surface area contributed by atoms with Crippen LogP contribution in [0.4, 0.5) is 11.5 Å². The van der Waals surface area contributed by atoms with Crippen molar-refractivity contribution in [2.24, 2.45) is 17.8 Å². The molecule has 1 aromatic heterocycles. The molecule has 3 aliphatic heterocycles. The molecule has 0 bridgehead atoms. The number of aryl methyl sites for hydroxylation is 1. The smallest absolute Gasteiger partial charge is 0.229 e. The standard InChI is InChI=1S/C26H34N4O3/c1-17-11-19-14-27-23(28-25(31)24-20-3-9-32-15-21(20)24)13-18(19)12-22(17)29-5-7-30(8-6-29)26(2)4-10-33-16-26/h11-14,20-21,24H,3-10,15-16H2,1-2H3,(H,27,28,31)/t20?,21?,24?,26-/m1/s1. The first kappa shape index (κ1) is 21.3. The number of hydrogen-bond acceptors (Lipinski definition) is 6. The molecule has 6 rings (SSSR count). The number of aromatic nitrogens is 1. The number of nitrogens with zero attached hydrogens (tertiary/aromatic N) is 3. The molecule has 4 heterocycles. The molecule has 176 valence electrons. The number of fused-ring (bicyclic) bond motifs is 2. The Morgan fingerprint density at radius 3 is 2.67 bits per heavy atom.